The number of benzene rings is 1. The molecule has 0 bridgehead atoms. The Hall–Kier alpha value is -0.120. The van der Waals surface area contributed by atoms with E-state index in [2.05, 4.69) is 27.8 Å². The average molecular weight is 309 g/mol. The molecule has 0 saturated heterocycles. The van der Waals surface area contributed by atoms with Crippen molar-refractivity contribution in [3.63, 3.8) is 0 Å². The standard InChI is InChI=1S/C12H16BrClFN/c1-9(13)5-6-16(2)8-10-3-4-12(15)11(14)7-10/h3-4,7,9H,5-6,8H2,1-2H3. The lowest BCUT2D eigenvalue weighted by Gasteiger charge is -2.17. The van der Waals surface area contributed by atoms with Crippen LogP contribution in [0.5, 0.6) is 0 Å². The highest BCUT2D eigenvalue weighted by atomic mass is 79.9. The molecule has 0 spiro atoms. The van der Waals surface area contributed by atoms with Gasteiger partial charge >= 0.3 is 0 Å². The van der Waals surface area contributed by atoms with E-state index in [0.717, 1.165) is 25.1 Å². The van der Waals surface area contributed by atoms with Gasteiger partial charge in [-0.1, -0.05) is 40.5 Å². The molecule has 1 unspecified atom stereocenters. The van der Waals surface area contributed by atoms with Gasteiger partial charge in [-0.3, -0.25) is 0 Å². The quantitative estimate of drug-likeness (QED) is 0.741. The summed E-state index contributed by atoms with van der Waals surface area (Å²) < 4.78 is 12.9. The van der Waals surface area contributed by atoms with Crippen molar-refractivity contribution < 1.29 is 4.39 Å². The Morgan fingerprint density at radius 2 is 2.19 bits per heavy atom. The van der Waals surface area contributed by atoms with Gasteiger partial charge in [-0.25, -0.2) is 4.39 Å². The first-order valence-electron chi connectivity index (χ1n) is 5.25. The highest BCUT2D eigenvalue weighted by Gasteiger charge is 2.05. The minimum absolute atomic E-state index is 0.194. The number of hydrogen-bond acceptors (Lipinski definition) is 1. The summed E-state index contributed by atoms with van der Waals surface area (Å²) in [5.74, 6) is -0.359. The van der Waals surface area contributed by atoms with Crippen LogP contribution in [0.1, 0.15) is 18.9 Å². The van der Waals surface area contributed by atoms with Gasteiger partial charge in [0.15, 0.2) is 0 Å². The third-order valence-electron chi connectivity index (χ3n) is 2.35. The highest BCUT2D eigenvalue weighted by molar-refractivity contribution is 9.09. The zero-order chi connectivity index (χ0) is 12.1. The van der Waals surface area contributed by atoms with Crippen molar-refractivity contribution >= 4 is 27.5 Å². The van der Waals surface area contributed by atoms with Gasteiger partial charge in [0.05, 0.1) is 5.02 Å². The van der Waals surface area contributed by atoms with Crippen molar-refractivity contribution in [1.29, 1.82) is 0 Å². The largest absolute Gasteiger partial charge is 0.302 e. The van der Waals surface area contributed by atoms with Crippen LogP contribution in [0, 0.1) is 5.82 Å². The second-order valence-electron chi connectivity index (χ2n) is 4.06. The monoisotopic (exact) mass is 307 g/mol. The van der Waals surface area contributed by atoms with E-state index in [-0.39, 0.29) is 10.8 Å². The van der Waals surface area contributed by atoms with Gasteiger partial charge in [0.2, 0.25) is 0 Å². The van der Waals surface area contributed by atoms with Gasteiger partial charge in [-0.15, -0.1) is 0 Å². The van der Waals surface area contributed by atoms with E-state index in [9.17, 15) is 4.39 Å². The zero-order valence-corrected chi connectivity index (χ0v) is 11.9. The summed E-state index contributed by atoms with van der Waals surface area (Å²) in [6, 6.07) is 4.87. The van der Waals surface area contributed by atoms with E-state index in [1.54, 1.807) is 12.1 Å². The van der Waals surface area contributed by atoms with Crippen molar-refractivity contribution in [2.45, 2.75) is 24.7 Å². The maximum atomic E-state index is 12.9. The summed E-state index contributed by atoms with van der Waals surface area (Å²) in [4.78, 5) is 2.72. The molecule has 0 aliphatic heterocycles. The molecule has 0 N–H and O–H groups in total. The van der Waals surface area contributed by atoms with Crippen LogP contribution in [0.15, 0.2) is 18.2 Å². The molecule has 1 rings (SSSR count). The maximum Gasteiger partial charge on any atom is 0.141 e. The summed E-state index contributed by atoms with van der Waals surface area (Å²) in [5, 5.41) is 0.194. The molecule has 1 atom stereocenters. The van der Waals surface area contributed by atoms with Gasteiger partial charge < -0.3 is 4.90 Å². The van der Waals surface area contributed by atoms with Gasteiger partial charge in [-0.05, 0) is 37.7 Å². The number of nitrogens with zero attached hydrogens (tertiary/aromatic N) is 1. The molecule has 0 saturated carbocycles. The van der Waals surface area contributed by atoms with Gasteiger partial charge in [-0.2, -0.15) is 0 Å². The molecule has 4 heteroatoms. The highest BCUT2D eigenvalue weighted by Crippen LogP contribution is 2.17. The first kappa shape index (κ1) is 13.9. The van der Waals surface area contributed by atoms with E-state index in [4.69, 9.17) is 11.6 Å². The molecule has 0 fully saturated rings. The van der Waals surface area contributed by atoms with E-state index >= 15 is 0 Å². The van der Waals surface area contributed by atoms with Crippen LogP contribution in [0.25, 0.3) is 0 Å². The van der Waals surface area contributed by atoms with Crippen LogP contribution >= 0.6 is 27.5 Å². The van der Waals surface area contributed by atoms with Gasteiger partial charge in [0.1, 0.15) is 5.82 Å². The topological polar surface area (TPSA) is 3.24 Å². The smallest absolute Gasteiger partial charge is 0.141 e. The fourth-order valence-corrected chi connectivity index (χ4v) is 1.83. The van der Waals surface area contributed by atoms with Crippen molar-refractivity contribution in [1.82, 2.24) is 4.90 Å². The lowest BCUT2D eigenvalue weighted by molar-refractivity contribution is 0.323. The molecule has 1 aromatic carbocycles. The minimum Gasteiger partial charge on any atom is -0.302 e. The summed E-state index contributed by atoms with van der Waals surface area (Å²) in [6.07, 6.45) is 1.09. The predicted molar refractivity (Wildman–Crippen MR) is 70.8 cm³/mol. The molecular weight excluding hydrogens is 292 g/mol. The molecule has 0 radical (unpaired) electrons. The van der Waals surface area contributed by atoms with E-state index in [0.29, 0.717) is 4.83 Å². The third kappa shape index (κ3) is 4.81. The third-order valence-corrected chi connectivity index (χ3v) is 3.09. The summed E-state index contributed by atoms with van der Waals surface area (Å²) in [6.45, 7) is 3.92. The van der Waals surface area contributed by atoms with Gasteiger partial charge in [0, 0.05) is 11.4 Å². The molecule has 0 aliphatic rings. The second-order valence-corrected chi connectivity index (χ2v) is 6.03. The van der Waals surface area contributed by atoms with Gasteiger partial charge in [0.25, 0.3) is 0 Å². The van der Waals surface area contributed by atoms with Crippen molar-refractivity contribution in [2.24, 2.45) is 0 Å². The van der Waals surface area contributed by atoms with Crippen molar-refractivity contribution in [3.8, 4) is 0 Å². The Kier molecular flexibility index (Phi) is 5.73. The molecule has 1 aromatic rings. The second kappa shape index (κ2) is 6.58. The van der Waals surface area contributed by atoms with Crippen molar-refractivity contribution in [2.75, 3.05) is 13.6 Å². The first-order valence-corrected chi connectivity index (χ1v) is 6.55. The number of halogens is 3. The minimum atomic E-state index is -0.359. The lowest BCUT2D eigenvalue weighted by atomic mass is 10.2. The Labute approximate surface area is 110 Å². The molecule has 0 aromatic heterocycles. The molecule has 90 valence electrons. The van der Waals surface area contributed by atoms with E-state index in [1.165, 1.54) is 6.07 Å². The Morgan fingerprint density at radius 3 is 2.75 bits per heavy atom. The molecule has 0 heterocycles. The first-order chi connectivity index (χ1) is 7.49. The van der Waals surface area contributed by atoms with Crippen LogP contribution in [0.2, 0.25) is 5.02 Å². The zero-order valence-electron chi connectivity index (χ0n) is 9.51. The summed E-state index contributed by atoms with van der Waals surface area (Å²) in [5.41, 5.74) is 1.04. The summed E-state index contributed by atoms with van der Waals surface area (Å²) >= 11 is 9.24. The van der Waals surface area contributed by atoms with Crippen LogP contribution in [0.4, 0.5) is 4.39 Å². The summed E-state index contributed by atoms with van der Waals surface area (Å²) in [7, 11) is 2.05. The number of alkyl halides is 1. The normalized spacial score (nSPS) is 13.1. The van der Waals surface area contributed by atoms with Crippen LogP contribution in [-0.4, -0.2) is 23.3 Å². The number of rotatable bonds is 5. The van der Waals surface area contributed by atoms with Crippen LogP contribution in [0.3, 0.4) is 0 Å². The lowest BCUT2D eigenvalue weighted by Crippen LogP contribution is -2.20. The number of hydrogen-bond donors (Lipinski definition) is 0. The molecule has 1 nitrogen and oxygen atoms in total. The van der Waals surface area contributed by atoms with E-state index < -0.39 is 0 Å². The Bertz CT molecular complexity index is 344. The molecular formula is C12H16BrClFN. The van der Waals surface area contributed by atoms with E-state index in [1.807, 2.05) is 7.05 Å². The SMILES string of the molecule is CC(Br)CCN(C)Cc1ccc(F)c(Cl)c1. The molecule has 0 aliphatic carbocycles. The predicted octanol–water partition coefficient (Wildman–Crippen LogP) is 4.08. The fourth-order valence-electron chi connectivity index (χ4n) is 1.43. The average Bonchev–Trinajstić information content (AvgIpc) is 2.21. The molecule has 16 heavy (non-hydrogen) atoms. The van der Waals surface area contributed by atoms with Crippen LogP contribution in [-0.2, 0) is 6.54 Å². The Balaban J connectivity index is 2.49. The Morgan fingerprint density at radius 1 is 1.50 bits per heavy atom. The maximum absolute atomic E-state index is 12.9. The van der Waals surface area contributed by atoms with Crippen LogP contribution < -0.4 is 0 Å². The molecule has 0 amide bonds. The fraction of sp³-hybridized carbons (Fsp3) is 0.500. The van der Waals surface area contributed by atoms with Crippen molar-refractivity contribution in [3.05, 3.63) is 34.6 Å².